The molecule has 1 aromatic heterocycles. The first-order chi connectivity index (χ1) is 21.3. The highest BCUT2D eigenvalue weighted by Gasteiger charge is 2.24. The lowest BCUT2D eigenvalue weighted by molar-refractivity contribution is -0.155. The van der Waals surface area contributed by atoms with Gasteiger partial charge in [-0.3, -0.25) is 9.59 Å². The molecule has 0 unspecified atom stereocenters. The summed E-state index contributed by atoms with van der Waals surface area (Å²) < 4.78 is 7.53. The van der Waals surface area contributed by atoms with Crippen molar-refractivity contribution in [3.8, 4) is 0 Å². The molecule has 1 amide bonds. The van der Waals surface area contributed by atoms with Gasteiger partial charge in [-0.05, 0) is 62.6 Å². The second-order valence-electron chi connectivity index (χ2n) is 11.7. The Morgan fingerprint density at radius 3 is 2.00 bits per heavy atom. The Hall–Kier alpha value is -4.36. The van der Waals surface area contributed by atoms with Gasteiger partial charge in [-0.1, -0.05) is 103 Å². The Bertz CT molecular complexity index is 1630. The Balaban J connectivity index is 1.31. The smallest absolute Gasteiger partial charge is 0.326 e. The molecule has 0 saturated carbocycles. The molecule has 5 rings (SSSR count). The number of esters is 1. The summed E-state index contributed by atoms with van der Waals surface area (Å²) in [5.41, 5.74) is 4.31. The maximum Gasteiger partial charge on any atom is 0.326 e. The van der Waals surface area contributed by atoms with E-state index in [1.807, 2.05) is 121 Å². The van der Waals surface area contributed by atoms with Crippen LogP contribution >= 0.6 is 11.8 Å². The molecule has 0 aliphatic heterocycles. The van der Waals surface area contributed by atoms with E-state index in [0.717, 1.165) is 45.2 Å². The lowest BCUT2D eigenvalue weighted by atomic mass is 9.88. The van der Waals surface area contributed by atoms with Gasteiger partial charge in [-0.2, -0.15) is 0 Å². The summed E-state index contributed by atoms with van der Waals surface area (Å²) in [6, 6.07) is 38.2. The van der Waals surface area contributed by atoms with Crippen LogP contribution in [-0.2, 0) is 20.9 Å². The molecule has 226 valence electrons. The standard InChI is InChI=1S/C37H39N3O3S/c1-37(2,3)43-35(42)27-40-33-23-14-13-22-32(33)38-36(40)44-25-15-24-39(30-20-11-6-12-21-30)34(41)26-31(28-16-7-4-8-17-28)29-18-9-5-10-19-29/h4-14,16-23,31H,15,24-27H2,1-3H3. The van der Waals surface area contributed by atoms with Crippen molar-refractivity contribution in [1.82, 2.24) is 9.55 Å². The van der Waals surface area contributed by atoms with Gasteiger partial charge in [0.1, 0.15) is 12.1 Å². The number of imidazole rings is 1. The van der Waals surface area contributed by atoms with Crippen LogP contribution in [0.4, 0.5) is 5.69 Å². The van der Waals surface area contributed by atoms with Crippen LogP contribution in [0.1, 0.15) is 50.7 Å². The average Bonchev–Trinajstić information content (AvgIpc) is 3.36. The van der Waals surface area contributed by atoms with Gasteiger partial charge in [0.15, 0.2) is 5.16 Å². The van der Waals surface area contributed by atoms with Crippen molar-refractivity contribution in [2.24, 2.45) is 0 Å². The number of carbonyl (C=O) groups is 2. The molecule has 44 heavy (non-hydrogen) atoms. The lowest BCUT2D eigenvalue weighted by Crippen LogP contribution is -2.33. The normalized spacial score (nSPS) is 11.5. The summed E-state index contributed by atoms with van der Waals surface area (Å²) >= 11 is 1.60. The molecule has 0 aliphatic carbocycles. The van der Waals surface area contributed by atoms with Crippen molar-refractivity contribution in [2.75, 3.05) is 17.2 Å². The fourth-order valence-corrected chi connectivity index (χ4v) is 6.23. The van der Waals surface area contributed by atoms with Crippen LogP contribution in [0.2, 0.25) is 0 Å². The quantitative estimate of drug-likeness (QED) is 0.0817. The van der Waals surface area contributed by atoms with Gasteiger partial charge in [0.05, 0.1) is 11.0 Å². The number of nitrogens with zero attached hydrogens (tertiary/aromatic N) is 3. The largest absolute Gasteiger partial charge is 0.459 e. The number of hydrogen-bond acceptors (Lipinski definition) is 5. The second kappa shape index (κ2) is 14.4. The molecule has 0 fully saturated rings. The van der Waals surface area contributed by atoms with E-state index in [2.05, 4.69) is 24.3 Å². The maximum absolute atomic E-state index is 14.0. The molecule has 0 atom stereocenters. The van der Waals surface area contributed by atoms with Gasteiger partial charge in [0.25, 0.3) is 0 Å². The van der Waals surface area contributed by atoms with Crippen LogP contribution in [0.15, 0.2) is 120 Å². The number of thioether (sulfide) groups is 1. The number of amides is 1. The van der Waals surface area contributed by atoms with Crippen molar-refractivity contribution in [3.63, 3.8) is 0 Å². The number of para-hydroxylation sites is 3. The van der Waals surface area contributed by atoms with Crippen LogP contribution in [0.5, 0.6) is 0 Å². The Kier molecular flexibility index (Phi) is 10.2. The Labute approximate surface area is 264 Å². The summed E-state index contributed by atoms with van der Waals surface area (Å²) in [5.74, 6) is 0.471. The first-order valence-electron chi connectivity index (χ1n) is 15.0. The van der Waals surface area contributed by atoms with Crippen molar-refractivity contribution < 1.29 is 14.3 Å². The number of anilines is 1. The van der Waals surface area contributed by atoms with E-state index >= 15 is 0 Å². The first-order valence-corrected chi connectivity index (χ1v) is 16.0. The van der Waals surface area contributed by atoms with Gasteiger partial charge in [0, 0.05) is 30.3 Å². The lowest BCUT2D eigenvalue weighted by Gasteiger charge is -2.26. The van der Waals surface area contributed by atoms with Crippen molar-refractivity contribution in [1.29, 1.82) is 0 Å². The zero-order valence-corrected chi connectivity index (χ0v) is 26.4. The number of hydrogen-bond donors (Lipinski definition) is 0. The van der Waals surface area contributed by atoms with Crippen molar-refractivity contribution in [3.05, 3.63) is 126 Å². The van der Waals surface area contributed by atoms with Crippen LogP contribution in [0, 0.1) is 0 Å². The predicted octanol–water partition coefficient (Wildman–Crippen LogP) is 8.12. The minimum Gasteiger partial charge on any atom is -0.459 e. The van der Waals surface area contributed by atoms with Crippen LogP contribution in [0.25, 0.3) is 11.0 Å². The number of benzene rings is 4. The van der Waals surface area contributed by atoms with Gasteiger partial charge in [-0.15, -0.1) is 0 Å². The maximum atomic E-state index is 14.0. The van der Waals surface area contributed by atoms with Crippen LogP contribution < -0.4 is 4.90 Å². The van der Waals surface area contributed by atoms with Gasteiger partial charge >= 0.3 is 5.97 Å². The van der Waals surface area contributed by atoms with Crippen molar-refractivity contribution in [2.45, 2.75) is 56.8 Å². The third kappa shape index (κ3) is 8.17. The van der Waals surface area contributed by atoms with Crippen LogP contribution in [0.3, 0.4) is 0 Å². The van der Waals surface area contributed by atoms with Gasteiger partial charge in [0.2, 0.25) is 5.91 Å². The molecule has 4 aromatic carbocycles. The predicted molar refractivity (Wildman–Crippen MR) is 179 cm³/mol. The summed E-state index contributed by atoms with van der Waals surface area (Å²) in [5, 5.41) is 0.767. The molecule has 0 radical (unpaired) electrons. The third-order valence-electron chi connectivity index (χ3n) is 7.24. The van der Waals surface area contributed by atoms with Gasteiger partial charge < -0.3 is 14.2 Å². The molecular weight excluding hydrogens is 566 g/mol. The van der Waals surface area contributed by atoms with E-state index in [4.69, 9.17) is 9.72 Å². The van der Waals surface area contributed by atoms with E-state index in [0.29, 0.717) is 13.0 Å². The summed E-state index contributed by atoms with van der Waals surface area (Å²) in [4.78, 5) is 33.5. The van der Waals surface area contributed by atoms with E-state index < -0.39 is 5.60 Å². The zero-order chi connectivity index (χ0) is 30.9. The molecule has 0 spiro atoms. The SMILES string of the molecule is CC(C)(C)OC(=O)Cn1c(SCCCN(C(=O)CC(c2ccccc2)c2ccccc2)c2ccccc2)nc2ccccc21. The summed E-state index contributed by atoms with van der Waals surface area (Å²) in [6.07, 6.45) is 1.12. The molecule has 6 nitrogen and oxygen atoms in total. The molecule has 5 aromatic rings. The first kappa shape index (κ1) is 31.1. The number of ether oxygens (including phenoxy) is 1. The van der Waals surface area contributed by atoms with E-state index in [-0.39, 0.29) is 24.3 Å². The summed E-state index contributed by atoms with van der Waals surface area (Å²) in [6.45, 7) is 6.27. The molecular formula is C37H39N3O3S. The fraction of sp³-hybridized carbons (Fsp3) is 0.270. The molecule has 0 bridgehead atoms. The molecule has 0 saturated heterocycles. The number of fused-ring (bicyclic) bond motifs is 1. The Morgan fingerprint density at radius 2 is 1.39 bits per heavy atom. The monoisotopic (exact) mass is 605 g/mol. The molecule has 0 aliphatic rings. The highest BCUT2D eigenvalue weighted by atomic mass is 32.2. The summed E-state index contributed by atoms with van der Waals surface area (Å²) in [7, 11) is 0. The van der Waals surface area contributed by atoms with Crippen molar-refractivity contribution >= 4 is 40.4 Å². The second-order valence-corrected chi connectivity index (χ2v) is 12.8. The average molecular weight is 606 g/mol. The molecule has 7 heteroatoms. The van der Waals surface area contributed by atoms with E-state index in [1.54, 1.807) is 11.8 Å². The highest BCUT2D eigenvalue weighted by Crippen LogP contribution is 2.30. The molecule has 0 N–H and O–H groups in total. The number of rotatable bonds is 12. The zero-order valence-electron chi connectivity index (χ0n) is 25.6. The topological polar surface area (TPSA) is 64.4 Å². The van der Waals surface area contributed by atoms with E-state index in [1.165, 1.54) is 0 Å². The fourth-order valence-electron chi connectivity index (χ4n) is 5.29. The highest BCUT2D eigenvalue weighted by molar-refractivity contribution is 7.99. The Morgan fingerprint density at radius 1 is 0.818 bits per heavy atom. The minimum absolute atomic E-state index is 0.0433. The molecule has 1 heterocycles. The minimum atomic E-state index is -0.561. The van der Waals surface area contributed by atoms with E-state index in [9.17, 15) is 9.59 Å². The third-order valence-corrected chi connectivity index (χ3v) is 8.30. The van der Waals surface area contributed by atoms with Gasteiger partial charge in [-0.25, -0.2) is 4.98 Å². The van der Waals surface area contributed by atoms with Crippen LogP contribution in [-0.4, -0.2) is 39.3 Å². The number of aromatic nitrogens is 2. The number of carbonyl (C=O) groups excluding carboxylic acids is 2.